The molecule has 2 aromatic rings. The van der Waals surface area contributed by atoms with Gasteiger partial charge in [-0.3, -0.25) is 9.59 Å². The normalized spacial score (nSPS) is 14.3. The van der Waals surface area contributed by atoms with Crippen LogP contribution in [0.2, 0.25) is 0 Å². The predicted octanol–water partition coefficient (Wildman–Crippen LogP) is 3.04. The summed E-state index contributed by atoms with van der Waals surface area (Å²) in [4.78, 5) is 25.4. The van der Waals surface area contributed by atoms with Crippen LogP contribution in [0.1, 0.15) is 34.4 Å². The molecular weight excluding hydrogens is 390 g/mol. The van der Waals surface area contributed by atoms with Crippen LogP contribution >= 0.6 is 11.3 Å². The standard InChI is InChI=1S/C21H19N3O4S/c22-10-15-14-3-1-2-4-18(14)29-21(15)24-20(26)8-7-19(25)23-11-13-5-6-16-17(9-13)28-12-27-16/h5-9H,1-4,11-12H2,(H,23,25)(H,24,26)/b8-7+. The van der Waals surface area contributed by atoms with Crippen LogP contribution in [0, 0.1) is 11.3 Å². The molecule has 2 heterocycles. The molecule has 4 rings (SSSR count). The van der Waals surface area contributed by atoms with Gasteiger partial charge in [-0.25, -0.2) is 0 Å². The highest BCUT2D eigenvalue weighted by Gasteiger charge is 2.21. The quantitative estimate of drug-likeness (QED) is 0.740. The lowest BCUT2D eigenvalue weighted by Crippen LogP contribution is -2.21. The van der Waals surface area contributed by atoms with Crippen LogP contribution in [0.15, 0.2) is 30.4 Å². The summed E-state index contributed by atoms with van der Waals surface area (Å²) in [6, 6.07) is 7.64. The minimum atomic E-state index is -0.432. The van der Waals surface area contributed by atoms with Gasteiger partial charge in [0.1, 0.15) is 11.1 Å². The highest BCUT2D eigenvalue weighted by Crippen LogP contribution is 2.37. The van der Waals surface area contributed by atoms with Crippen LogP contribution in [0.25, 0.3) is 0 Å². The molecule has 2 amide bonds. The summed E-state index contributed by atoms with van der Waals surface area (Å²) in [5.74, 6) is 0.518. The van der Waals surface area contributed by atoms with E-state index >= 15 is 0 Å². The van der Waals surface area contributed by atoms with Crippen molar-refractivity contribution in [3.05, 3.63) is 51.9 Å². The van der Waals surface area contributed by atoms with E-state index < -0.39 is 5.91 Å². The Labute approximate surface area is 171 Å². The minimum absolute atomic E-state index is 0.198. The van der Waals surface area contributed by atoms with E-state index in [9.17, 15) is 14.9 Å². The van der Waals surface area contributed by atoms with Gasteiger partial charge in [0.2, 0.25) is 18.6 Å². The van der Waals surface area contributed by atoms with E-state index in [-0.39, 0.29) is 12.7 Å². The van der Waals surface area contributed by atoms with Crippen molar-refractivity contribution in [1.29, 1.82) is 5.26 Å². The van der Waals surface area contributed by atoms with Gasteiger partial charge in [0.05, 0.1) is 5.56 Å². The number of carbonyl (C=O) groups excluding carboxylic acids is 2. The highest BCUT2D eigenvalue weighted by atomic mass is 32.1. The summed E-state index contributed by atoms with van der Waals surface area (Å²) in [7, 11) is 0. The Morgan fingerprint density at radius 1 is 1.14 bits per heavy atom. The molecule has 1 aromatic carbocycles. The first-order valence-corrected chi connectivity index (χ1v) is 10.2. The fourth-order valence-electron chi connectivity index (χ4n) is 3.38. The molecule has 7 nitrogen and oxygen atoms in total. The molecule has 0 fully saturated rings. The van der Waals surface area contributed by atoms with Crippen LogP contribution in [-0.4, -0.2) is 18.6 Å². The summed E-state index contributed by atoms with van der Waals surface area (Å²) in [5.41, 5.74) is 2.48. The number of rotatable bonds is 5. The lowest BCUT2D eigenvalue weighted by atomic mass is 9.96. The van der Waals surface area contributed by atoms with Gasteiger partial charge in [0, 0.05) is 23.6 Å². The molecule has 0 radical (unpaired) electrons. The number of benzene rings is 1. The predicted molar refractivity (Wildman–Crippen MR) is 108 cm³/mol. The number of fused-ring (bicyclic) bond motifs is 2. The number of thiophene rings is 1. The molecule has 1 aromatic heterocycles. The topological polar surface area (TPSA) is 100 Å². The van der Waals surface area contributed by atoms with Gasteiger partial charge in [0.25, 0.3) is 0 Å². The van der Waals surface area contributed by atoms with Gasteiger partial charge in [-0.2, -0.15) is 5.26 Å². The molecule has 8 heteroatoms. The third-order valence-corrected chi connectivity index (χ3v) is 6.02. The van der Waals surface area contributed by atoms with Crippen LogP contribution in [0.5, 0.6) is 11.5 Å². The molecule has 0 saturated carbocycles. The number of amides is 2. The Morgan fingerprint density at radius 2 is 1.93 bits per heavy atom. The summed E-state index contributed by atoms with van der Waals surface area (Å²) < 4.78 is 10.6. The van der Waals surface area contributed by atoms with Crippen LogP contribution in [-0.2, 0) is 29.0 Å². The zero-order valence-electron chi connectivity index (χ0n) is 15.6. The molecule has 1 aliphatic heterocycles. The van der Waals surface area contributed by atoms with Crippen molar-refractivity contribution in [3.63, 3.8) is 0 Å². The SMILES string of the molecule is N#Cc1c(NC(=O)/C=C/C(=O)NCc2ccc3c(c2)OCO3)sc2c1CCCC2. The third kappa shape index (κ3) is 4.25. The van der Waals surface area contributed by atoms with E-state index in [1.165, 1.54) is 28.4 Å². The number of anilines is 1. The van der Waals surface area contributed by atoms with Crippen LogP contribution in [0.4, 0.5) is 5.00 Å². The van der Waals surface area contributed by atoms with Gasteiger partial charge >= 0.3 is 0 Å². The zero-order chi connectivity index (χ0) is 20.2. The average Bonchev–Trinajstić information content (AvgIpc) is 3.33. The largest absolute Gasteiger partial charge is 0.454 e. The van der Waals surface area contributed by atoms with Crippen molar-refractivity contribution >= 4 is 28.2 Å². The average molecular weight is 409 g/mol. The van der Waals surface area contributed by atoms with Crippen molar-refractivity contribution in [3.8, 4) is 17.6 Å². The second kappa shape index (κ2) is 8.37. The van der Waals surface area contributed by atoms with E-state index in [2.05, 4.69) is 16.7 Å². The number of aryl methyl sites for hydroxylation is 1. The van der Waals surface area contributed by atoms with E-state index in [0.29, 0.717) is 28.6 Å². The van der Waals surface area contributed by atoms with Crippen molar-refractivity contribution in [2.45, 2.75) is 32.2 Å². The first kappa shape index (κ1) is 19.0. The number of nitrogens with zero attached hydrogens (tertiary/aromatic N) is 1. The van der Waals surface area contributed by atoms with Gasteiger partial charge in [0.15, 0.2) is 11.5 Å². The summed E-state index contributed by atoms with van der Waals surface area (Å²) >= 11 is 1.46. The second-order valence-electron chi connectivity index (χ2n) is 6.75. The Bertz CT molecular complexity index is 1040. The molecule has 0 unspecified atom stereocenters. The van der Waals surface area contributed by atoms with Crippen LogP contribution < -0.4 is 20.1 Å². The molecule has 0 bridgehead atoms. The summed E-state index contributed by atoms with van der Waals surface area (Å²) in [6.45, 7) is 0.501. The number of nitrogens with one attached hydrogen (secondary N) is 2. The number of hydrogen-bond acceptors (Lipinski definition) is 6. The van der Waals surface area contributed by atoms with Crippen LogP contribution in [0.3, 0.4) is 0 Å². The first-order chi connectivity index (χ1) is 14.1. The minimum Gasteiger partial charge on any atom is -0.454 e. The van der Waals surface area contributed by atoms with E-state index in [0.717, 1.165) is 36.8 Å². The molecule has 29 heavy (non-hydrogen) atoms. The van der Waals surface area contributed by atoms with Crippen molar-refractivity contribution in [2.24, 2.45) is 0 Å². The van der Waals surface area contributed by atoms with Gasteiger partial charge < -0.3 is 20.1 Å². The molecule has 148 valence electrons. The lowest BCUT2D eigenvalue weighted by molar-refractivity contribution is -0.117. The van der Waals surface area contributed by atoms with Crippen molar-refractivity contribution < 1.29 is 19.1 Å². The maximum Gasteiger partial charge on any atom is 0.249 e. The Hall–Kier alpha value is -3.31. The lowest BCUT2D eigenvalue weighted by Gasteiger charge is -2.09. The van der Waals surface area contributed by atoms with Crippen molar-refractivity contribution in [1.82, 2.24) is 5.32 Å². The zero-order valence-corrected chi connectivity index (χ0v) is 16.4. The van der Waals surface area contributed by atoms with Gasteiger partial charge in [-0.15, -0.1) is 11.3 Å². The fourth-order valence-corrected chi connectivity index (χ4v) is 4.62. The Balaban J connectivity index is 1.32. The fraction of sp³-hybridized carbons (Fsp3) is 0.286. The number of hydrogen-bond donors (Lipinski definition) is 2. The van der Waals surface area contributed by atoms with Crippen molar-refractivity contribution in [2.75, 3.05) is 12.1 Å². The number of nitriles is 1. The maximum atomic E-state index is 12.2. The van der Waals surface area contributed by atoms with Gasteiger partial charge in [-0.1, -0.05) is 6.07 Å². The maximum absolute atomic E-state index is 12.2. The van der Waals surface area contributed by atoms with E-state index in [1.807, 2.05) is 6.07 Å². The molecular formula is C21H19N3O4S. The molecule has 2 N–H and O–H groups in total. The smallest absolute Gasteiger partial charge is 0.249 e. The summed E-state index contributed by atoms with van der Waals surface area (Å²) in [5, 5.41) is 15.5. The Morgan fingerprint density at radius 3 is 2.79 bits per heavy atom. The molecule has 0 spiro atoms. The van der Waals surface area contributed by atoms with Gasteiger partial charge in [-0.05, 0) is 48.9 Å². The number of carbonyl (C=O) groups is 2. The molecule has 2 aliphatic rings. The molecule has 1 aliphatic carbocycles. The Kier molecular flexibility index (Phi) is 5.49. The monoisotopic (exact) mass is 409 g/mol. The number of ether oxygens (including phenoxy) is 2. The third-order valence-electron chi connectivity index (χ3n) is 4.81. The second-order valence-corrected chi connectivity index (χ2v) is 7.86. The highest BCUT2D eigenvalue weighted by molar-refractivity contribution is 7.16. The van der Waals surface area contributed by atoms with E-state index in [4.69, 9.17) is 9.47 Å². The van der Waals surface area contributed by atoms with E-state index in [1.54, 1.807) is 12.1 Å². The first-order valence-electron chi connectivity index (χ1n) is 9.34. The molecule has 0 atom stereocenters. The molecule has 0 saturated heterocycles. The summed E-state index contributed by atoms with van der Waals surface area (Å²) in [6.07, 6.45) is 6.35.